The third-order valence-corrected chi connectivity index (χ3v) is 7.06. The maximum Gasteiger partial charge on any atom is 0.262 e. The van der Waals surface area contributed by atoms with Crippen molar-refractivity contribution in [1.29, 1.82) is 0 Å². The van der Waals surface area contributed by atoms with E-state index in [-0.39, 0.29) is 16.7 Å². The quantitative estimate of drug-likeness (QED) is 0.593. The molecular formula is C25H26N2O4S. The average molecular weight is 451 g/mol. The Labute approximate surface area is 188 Å². The standard InChI is InChI=1S/C25H26N2O4S/c1-17-7-8-18(2)24(13-17)32(29,30)27-22-11-9-20(10-12-22)25(28)26-15-19-14-21-5-3-4-6-23(21)31-16-19/h3-13,19,27H,14-16H2,1-2H3,(H,26,28). The minimum Gasteiger partial charge on any atom is -0.493 e. The van der Waals surface area contributed by atoms with Gasteiger partial charge in [0.15, 0.2) is 0 Å². The number of aryl methyl sites for hydroxylation is 2. The van der Waals surface area contributed by atoms with Gasteiger partial charge in [0.25, 0.3) is 15.9 Å². The lowest BCUT2D eigenvalue weighted by Crippen LogP contribution is -2.34. The average Bonchev–Trinajstić information content (AvgIpc) is 2.79. The van der Waals surface area contributed by atoms with Gasteiger partial charge in [-0.15, -0.1) is 0 Å². The van der Waals surface area contributed by atoms with Gasteiger partial charge in [0, 0.05) is 23.7 Å². The summed E-state index contributed by atoms with van der Waals surface area (Å²) in [5, 5.41) is 2.95. The van der Waals surface area contributed by atoms with Gasteiger partial charge in [-0.25, -0.2) is 8.42 Å². The summed E-state index contributed by atoms with van der Waals surface area (Å²) in [5.41, 5.74) is 3.57. The van der Waals surface area contributed by atoms with E-state index in [9.17, 15) is 13.2 Å². The van der Waals surface area contributed by atoms with Crippen molar-refractivity contribution in [3.8, 4) is 5.75 Å². The first kappa shape index (κ1) is 21.9. The highest BCUT2D eigenvalue weighted by atomic mass is 32.2. The van der Waals surface area contributed by atoms with Crippen LogP contribution in [0, 0.1) is 19.8 Å². The van der Waals surface area contributed by atoms with Gasteiger partial charge in [-0.2, -0.15) is 0 Å². The van der Waals surface area contributed by atoms with Crippen LogP contribution in [0.3, 0.4) is 0 Å². The van der Waals surface area contributed by atoms with Crippen molar-refractivity contribution >= 4 is 21.6 Å². The van der Waals surface area contributed by atoms with E-state index in [2.05, 4.69) is 10.0 Å². The normalized spacial score (nSPS) is 15.4. The predicted molar refractivity (Wildman–Crippen MR) is 125 cm³/mol. The number of carbonyl (C=O) groups is 1. The van der Waals surface area contributed by atoms with Crippen molar-refractivity contribution < 1.29 is 17.9 Å². The second-order valence-corrected chi connectivity index (χ2v) is 9.80. The number of ether oxygens (including phenoxy) is 1. The fourth-order valence-corrected chi connectivity index (χ4v) is 5.15. The molecule has 3 aromatic rings. The molecule has 0 radical (unpaired) electrons. The van der Waals surface area contributed by atoms with Gasteiger partial charge in [0.1, 0.15) is 5.75 Å². The lowest BCUT2D eigenvalue weighted by Gasteiger charge is -2.25. The second kappa shape index (κ2) is 9.04. The van der Waals surface area contributed by atoms with E-state index in [1.165, 1.54) is 0 Å². The number of carbonyl (C=O) groups excluding carboxylic acids is 1. The molecule has 0 aliphatic carbocycles. The van der Waals surface area contributed by atoms with E-state index in [4.69, 9.17) is 4.74 Å². The monoisotopic (exact) mass is 450 g/mol. The third-order valence-electron chi connectivity index (χ3n) is 5.54. The number of benzene rings is 3. The summed E-state index contributed by atoms with van der Waals surface area (Å²) < 4.78 is 33.9. The van der Waals surface area contributed by atoms with Gasteiger partial charge < -0.3 is 10.1 Å². The fourth-order valence-electron chi connectivity index (χ4n) is 3.76. The number of fused-ring (bicyclic) bond motifs is 1. The zero-order chi connectivity index (χ0) is 22.7. The van der Waals surface area contributed by atoms with Crippen molar-refractivity contribution in [2.24, 2.45) is 5.92 Å². The van der Waals surface area contributed by atoms with E-state index in [1.54, 1.807) is 43.3 Å². The van der Waals surface area contributed by atoms with E-state index in [1.807, 2.05) is 37.3 Å². The summed E-state index contributed by atoms with van der Waals surface area (Å²) in [6.07, 6.45) is 0.857. The molecule has 1 aliphatic heterocycles. The minimum absolute atomic E-state index is 0.201. The van der Waals surface area contributed by atoms with Crippen LogP contribution >= 0.6 is 0 Å². The Bertz CT molecular complexity index is 1240. The SMILES string of the molecule is Cc1ccc(C)c(S(=O)(=O)Nc2ccc(C(=O)NCC3COc4ccccc4C3)cc2)c1. The summed E-state index contributed by atoms with van der Waals surface area (Å²) in [7, 11) is -3.71. The van der Waals surface area contributed by atoms with Crippen LogP contribution < -0.4 is 14.8 Å². The molecule has 1 aliphatic rings. The third kappa shape index (κ3) is 4.94. The molecule has 6 nitrogen and oxygen atoms in total. The lowest BCUT2D eigenvalue weighted by atomic mass is 9.96. The Morgan fingerprint density at radius 2 is 1.78 bits per heavy atom. The first-order chi connectivity index (χ1) is 15.3. The van der Waals surface area contributed by atoms with Crippen LogP contribution in [0.2, 0.25) is 0 Å². The molecule has 3 aromatic carbocycles. The maximum atomic E-state index is 12.8. The fraction of sp³-hybridized carbons (Fsp3) is 0.240. The van der Waals surface area contributed by atoms with Crippen LogP contribution in [0.1, 0.15) is 27.0 Å². The molecule has 0 aromatic heterocycles. The highest BCUT2D eigenvalue weighted by Gasteiger charge is 2.21. The molecule has 7 heteroatoms. The van der Waals surface area contributed by atoms with Gasteiger partial charge in [-0.05, 0) is 73.4 Å². The molecule has 0 spiro atoms. The second-order valence-electron chi connectivity index (χ2n) is 8.15. The molecule has 166 valence electrons. The lowest BCUT2D eigenvalue weighted by molar-refractivity contribution is 0.0939. The Morgan fingerprint density at radius 1 is 1.03 bits per heavy atom. The van der Waals surface area contributed by atoms with E-state index in [0.29, 0.717) is 30.0 Å². The number of nitrogens with one attached hydrogen (secondary N) is 2. The van der Waals surface area contributed by atoms with Gasteiger partial charge in [-0.1, -0.05) is 30.3 Å². The molecule has 1 unspecified atom stereocenters. The molecule has 0 saturated carbocycles. The van der Waals surface area contributed by atoms with Gasteiger partial charge in [0.05, 0.1) is 11.5 Å². The molecule has 0 fully saturated rings. The van der Waals surface area contributed by atoms with Crippen molar-refractivity contribution in [2.75, 3.05) is 17.9 Å². The summed E-state index contributed by atoms with van der Waals surface area (Å²) in [6.45, 7) is 4.69. The molecule has 2 N–H and O–H groups in total. The molecule has 32 heavy (non-hydrogen) atoms. The molecule has 1 heterocycles. The van der Waals surface area contributed by atoms with Crippen LogP contribution in [-0.4, -0.2) is 27.5 Å². The van der Waals surface area contributed by atoms with E-state index < -0.39 is 10.0 Å². The topological polar surface area (TPSA) is 84.5 Å². The van der Waals surface area contributed by atoms with Crippen LogP contribution in [-0.2, 0) is 16.4 Å². The van der Waals surface area contributed by atoms with Gasteiger partial charge in [-0.3, -0.25) is 9.52 Å². The maximum absolute atomic E-state index is 12.8. The smallest absolute Gasteiger partial charge is 0.262 e. The molecule has 4 rings (SSSR count). The molecule has 1 atom stereocenters. The minimum atomic E-state index is -3.71. The highest BCUT2D eigenvalue weighted by molar-refractivity contribution is 7.92. The van der Waals surface area contributed by atoms with Crippen LogP contribution in [0.4, 0.5) is 5.69 Å². The number of amides is 1. The number of anilines is 1. The van der Waals surface area contributed by atoms with E-state index in [0.717, 1.165) is 23.3 Å². The Balaban J connectivity index is 1.36. The summed E-state index contributed by atoms with van der Waals surface area (Å²) in [6, 6.07) is 19.7. The van der Waals surface area contributed by atoms with E-state index >= 15 is 0 Å². The molecule has 0 bridgehead atoms. The summed E-state index contributed by atoms with van der Waals surface area (Å²) >= 11 is 0. The number of sulfonamides is 1. The van der Waals surface area contributed by atoms with Crippen molar-refractivity contribution in [1.82, 2.24) is 5.32 Å². The number of hydrogen-bond donors (Lipinski definition) is 2. The van der Waals surface area contributed by atoms with Crippen molar-refractivity contribution in [3.05, 3.63) is 89.0 Å². The van der Waals surface area contributed by atoms with Gasteiger partial charge in [0.2, 0.25) is 0 Å². The summed E-state index contributed by atoms with van der Waals surface area (Å²) in [4.78, 5) is 12.8. The summed E-state index contributed by atoms with van der Waals surface area (Å²) in [5.74, 6) is 0.916. The highest BCUT2D eigenvalue weighted by Crippen LogP contribution is 2.26. The predicted octanol–water partition coefficient (Wildman–Crippen LogP) is 4.09. The number of para-hydroxylation sites is 1. The van der Waals surface area contributed by atoms with Crippen molar-refractivity contribution in [3.63, 3.8) is 0 Å². The first-order valence-electron chi connectivity index (χ1n) is 10.5. The Kier molecular flexibility index (Phi) is 6.19. The van der Waals surface area contributed by atoms with Crippen LogP contribution in [0.5, 0.6) is 5.75 Å². The Hall–Kier alpha value is -3.32. The number of rotatable bonds is 6. The molecule has 0 saturated heterocycles. The van der Waals surface area contributed by atoms with Crippen LogP contribution in [0.25, 0.3) is 0 Å². The van der Waals surface area contributed by atoms with Gasteiger partial charge >= 0.3 is 0 Å². The number of hydrogen-bond acceptors (Lipinski definition) is 4. The van der Waals surface area contributed by atoms with Crippen LogP contribution in [0.15, 0.2) is 71.6 Å². The first-order valence-corrected chi connectivity index (χ1v) is 12.0. The molecular weight excluding hydrogens is 424 g/mol. The zero-order valence-corrected chi connectivity index (χ0v) is 18.9. The zero-order valence-electron chi connectivity index (χ0n) is 18.1. The molecule has 1 amide bonds. The Morgan fingerprint density at radius 3 is 2.56 bits per heavy atom. The van der Waals surface area contributed by atoms with Crippen molar-refractivity contribution in [2.45, 2.75) is 25.2 Å². The largest absolute Gasteiger partial charge is 0.493 e.